The Hall–Kier alpha value is -3.81. The van der Waals surface area contributed by atoms with Gasteiger partial charge in [0.05, 0.1) is 25.1 Å². The van der Waals surface area contributed by atoms with Crippen LogP contribution in [0.5, 0.6) is 0 Å². The zero-order valence-corrected chi connectivity index (χ0v) is 18.6. The third-order valence-electron chi connectivity index (χ3n) is 6.30. The second-order valence-corrected chi connectivity index (χ2v) is 8.22. The molecular formula is C25H25FN6O. The van der Waals surface area contributed by atoms with Crippen LogP contribution in [0, 0.1) is 5.82 Å². The molecule has 33 heavy (non-hydrogen) atoms. The molecule has 1 aliphatic heterocycles. The monoisotopic (exact) mass is 444 g/mol. The molecular weight excluding hydrogens is 419 g/mol. The van der Waals surface area contributed by atoms with E-state index in [1.165, 1.54) is 12.1 Å². The van der Waals surface area contributed by atoms with Gasteiger partial charge in [0.1, 0.15) is 17.3 Å². The van der Waals surface area contributed by atoms with Crippen LogP contribution in [-0.4, -0.2) is 41.7 Å². The molecule has 0 bridgehead atoms. The SMILES string of the molecule is CCc1nnc2n1CCN(C(=O)c1cncn1[C@@H](C)c1ccccc1-c1ccc(F)cc1)C2. The molecule has 1 amide bonds. The number of hydrogen-bond donors (Lipinski definition) is 0. The minimum absolute atomic E-state index is 0.0779. The van der Waals surface area contributed by atoms with Crippen molar-refractivity contribution in [3.05, 3.63) is 89.8 Å². The average molecular weight is 445 g/mol. The molecule has 0 saturated carbocycles. The van der Waals surface area contributed by atoms with E-state index in [2.05, 4.69) is 26.7 Å². The summed E-state index contributed by atoms with van der Waals surface area (Å²) in [5.74, 6) is 1.42. The third kappa shape index (κ3) is 3.82. The van der Waals surface area contributed by atoms with E-state index < -0.39 is 0 Å². The number of benzene rings is 2. The van der Waals surface area contributed by atoms with Gasteiger partial charge in [0.25, 0.3) is 5.91 Å². The summed E-state index contributed by atoms with van der Waals surface area (Å²) in [7, 11) is 0. The molecule has 4 aromatic rings. The van der Waals surface area contributed by atoms with Crippen LogP contribution in [-0.2, 0) is 19.5 Å². The van der Waals surface area contributed by atoms with E-state index in [4.69, 9.17) is 0 Å². The largest absolute Gasteiger partial charge is 0.328 e. The second kappa shape index (κ2) is 8.61. The first-order chi connectivity index (χ1) is 16.1. The molecule has 5 rings (SSSR count). The number of rotatable bonds is 5. The molecule has 3 heterocycles. The van der Waals surface area contributed by atoms with Gasteiger partial charge in [-0.1, -0.05) is 43.3 Å². The predicted molar refractivity (Wildman–Crippen MR) is 122 cm³/mol. The smallest absolute Gasteiger partial charge is 0.272 e. The molecule has 0 N–H and O–H groups in total. The van der Waals surface area contributed by atoms with E-state index in [0.29, 0.717) is 25.3 Å². The van der Waals surface area contributed by atoms with Crippen LogP contribution in [0.1, 0.15) is 47.6 Å². The minimum atomic E-state index is -0.268. The van der Waals surface area contributed by atoms with E-state index in [0.717, 1.165) is 34.8 Å². The Morgan fingerprint density at radius 2 is 1.88 bits per heavy atom. The maximum absolute atomic E-state index is 13.5. The van der Waals surface area contributed by atoms with Gasteiger partial charge >= 0.3 is 0 Å². The number of fused-ring (bicyclic) bond motifs is 1. The summed E-state index contributed by atoms with van der Waals surface area (Å²) in [5, 5.41) is 8.50. The van der Waals surface area contributed by atoms with E-state index in [-0.39, 0.29) is 17.8 Å². The first-order valence-electron chi connectivity index (χ1n) is 11.1. The summed E-state index contributed by atoms with van der Waals surface area (Å²) < 4.78 is 17.5. The van der Waals surface area contributed by atoms with Gasteiger partial charge in [-0.05, 0) is 35.7 Å². The highest BCUT2D eigenvalue weighted by Gasteiger charge is 2.28. The number of carbonyl (C=O) groups is 1. The van der Waals surface area contributed by atoms with Gasteiger partial charge in [0, 0.05) is 19.5 Å². The van der Waals surface area contributed by atoms with Crippen LogP contribution in [0.25, 0.3) is 11.1 Å². The van der Waals surface area contributed by atoms with Crippen LogP contribution in [0.3, 0.4) is 0 Å². The van der Waals surface area contributed by atoms with Crippen molar-refractivity contribution in [2.24, 2.45) is 0 Å². The molecule has 2 aromatic carbocycles. The third-order valence-corrected chi connectivity index (χ3v) is 6.30. The van der Waals surface area contributed by atoms with Crippen LogP contribution in [0.15, 0.2) is 61.1 Å². The highest BCUT2D eigenvalue weighted by molar-refractivity contribution is 5.92. The Balaban J connectivity index is 1.44. The van der Waals surface area contributed by atoms with Gasteiger partial charge < -0.3 is 14.0 Å². The predicted octanol–water partition coefficient (Wildman–Crippen LogP) is 4.11. The van der Waals surface area contributed by atoms with Crippen LogP contribution in [0.4, 0.5) is 4.39 Å². The fourth-order valence-electron chi connectivity index (χ4n) is 4.50. The summed E-state index contributed by atoms with van der Waals surface area (Å²) in [6, 6.07) is 14.3. The first-order valence-corrected chi connectivity index (χ1v) is 11.1. The van der Waals surface area contributed by atoms with E-state index in [1.54, 1.807) is 29.6 Å². The molecule has 2 aromatic heterocycles. The summed E-state index contributed by atoms with van der Waals surface area (Å²) in [6.07, 6.45) is 4.13. The Kier molecular flexibility index (Phi) is 5.50. The topological polar surface area (TPSA) is 68.8 Å². The highest BCUT2D eigenvalue weighted by Crippen LogP contribution is 2.31. The fraction of sp³-hybridized carbons (Fsp3) is 0.280. The fourth-order valence-corrected chi connectivity index (χ4v) is 4.50. The Morgan fingerprint density at radius 3 is 2.67 bits per heavy atom. The van der Waals surface area contributed by atoms with Crippen molar-refractivity contribution in [3.8, 4) is 11.1 Å². The first kappa shape index (κ1) is 21.1. The molecule has 1 aliphatic rings. The number of aromatic nitrogens is 5. The van der Waals surface area contributed by atoms with Crippen LogP contribution < -0.4 is 0 Å². The lowest BCUT2D eigenvalue weighted by atomic mass is 9.95. The number of hydrogen-bond acceptors (Lipinski definition) is 4. The molecule has 0 spiro atoms. The van der Waals surface area contributed by atoms with Crippen molar-refractivity contribution in [1.82, 2.24) is 29.2 Å². The van der Waals surface area contributed by atoms with Crippen molar-refractivity contribution in [2.45, 2.75) is 39.4 Å². The quantitative estimate of drug-likeness (QED) is 0.465. The molecule has 0 fully saturated rings. The molecule has 0 radical (unpaired) electrons. The molecule has 1 atom stereocenters. The number of nitrogens with zero attached hydrogens (tertiary/aromatic N) is 6. The van der Waals surface area contributed by atoms with Crippen molar-refractivity contribution in [2.75, 3.05) is 6.54 Å². The second-order valence-electron chi connectivity index (χ2n) is 8.22. The summed E-state index contributed by atoms with van der Waals surface area (Å²) in [4.78, 5) is 19.6. The number of imidazole rings is 1. The van der Waals surface area contributed by atoms with Gasteiger partial charge in [0.2, 0.25) is 0 Å². The van der Waals surface area contributed by atoms with Gasteiger partial charge in [-0.25, -0.2) is 9.37 Å². The summed E-state index contributed by atoms with van der Waals surface area (Å²) in [5.41, 5.74) is 3.48. The summed E-state index contributed by atoms with van der Waals surface area (Å²) >= 11 is 0. The number of carbonyl (C=O) groups excluding carboxylic acids is 1. The molecule has 7 nitrogen and oxygen atoms in total. The maximum atomic E-state index is 13.5. The summed E-state index contributed by atoms with van der Waals surface area (Å²) in [6.45, 7) is 5.81. The van der Waals surface area contributed by atoms with Crippen molar-refractivity contribution in [3.63, 3.8) is 0 Å². The Morgan fingerprint density at radius 1 is 1.09 bits per heavy atom. The van der Waals surface area contributed by atoms with Crippen LogP contribution >= 0.6 is 0 Å². The lowest BCUT2D eigenvalue weighted by molar-refractivity contribution is 0.0694. The van der Waals surface area contributed by atoms with Gasteiger partial charge in [-0.15, -0.1) is 10.2 Å². The van der Waals surface area contributed by atoms with Crippen molar-refractivity contribution < 1.29 is 9.18 Å². The van der Waals surface area contributed by atoms with E-state index >= 15 is 0 Å². The molecule has 0 unspecified atom stereocenters. The van der Waals surface area contributed by atoms with Gasteiger partial charge in [-0.2, -0.15) is 0 Å². The highest BCUT2D eigenvalue weighted by atomic mass is 19.1. The zero-order chi connectivity index (χ0) is 22.9. The number of amides is 1. The average Bonchev–Trinajstić information content (AvgIpc) is 3.50. The van der Waals surface area contributed by atoms with Crippen LogP contribution in [0.2, 0.25) is 0 Å². The molecule has 168 valence electrons. The Bertz CT molecular complexity index is 1290. The minimum Gasteiger partial charge on any atom is -0.328 e. The van der Waals surface area contributed by atoms with Crippen molar-refractivity contribution in [1.29, 1.82) is 0 Å². The lowest BCUT2D eigenvalue weighted by Crippen LogP contribution is -2.39. The standard InChI is InChI=1S/C25H25FN6O/c1-3-23-28-29-24-15-30(12-13-31(23)24)25(33)22-14-27-16-32(22)17(2)20-6-4-5-7-21(20)18-8-10-19(26)11-9-18/h4-11,14,16-17H,3,12-13,15H2,1-2H3/t17-/m0/s1. The van der Waals surface area contributed by atoms with Crippen molar-refractivity contribution >= 4 is 5.91 Å². The number of halogens is 1. The Labute approximate surface area is 191 Å². The molecule has 8 heteroatoms. The van der Waals surface area contributed by atoms with Gasteiger partial charge in [0.15, 0.2) is 5.82 Å². The normalized spacial score (nSPS) is 14.2. The van der Waals surface area contributed by atoms with E-state index in [1.807, 2.05) is 35.8 Å². The molecule has 0 saturated heterocycles. The maximum Gasteiger partial charge on any atom is 0.272 e. The van der Waals surface area contributed by atoms with E-state index in [9.17, 15) is 9.18 Å². The van der Waals surface area contributed by atoms with Gasteiger partial charge in [-0.3, -0.25) is 4.79 Å². The zero-order valence-electron chi connectivity index (χ0n) is 18.6. The lowest BCUT2D eigenvalue weighted by Gasteiger charge is -2.29. The number of aryl methyl sites for hydroxylation is 1. The molecule has 0 aliphatic carbocycles.